The highest BCUT2D eigenvalue weighted by atomic mass is 32.1. The van der Waals surface area contributed by atoms with Crippen LogP contribution < -0.4 is 5.32 Å². The Morgan fingerprint density at radius 3 is 1.77 bits per heavy atom. The lowest BCUT2D eigenvalue weighted by Crippen LogP contribution is -2.36. The number of hydrogen-bond donors (Lipinski definition) is 1. The van der Waals surface area contributed by atoms with Gasteiger partial charge in [-0.15, -0.1) is 11.3 Å². The zero-order valence-electron chi connectivity index (χ0n) is 35.1. The highest BCUT2D eigenvalue weighted by molar-refractivity contribution is 7.25. The summed E-state index contributed by atoms with van der Waals surface area (Å²) in [7, 11) is 0. The van der Waals surface area contributed by atoms with E-state index in [1.54, 1.807) is 0 Å². The Balaban J connectivity index is 1.03. The SMILES string of the molecule is c1ccc2cc3c(cc2c1)oc1cc(C2N=C(c4ccc5oc6ccccc6c5c4)NC(c4ccc5sc6ccccc6c5c4)=N2)c(-n2c4ccccc4c4cc5ccccc5cc42)cc13. The van der Waals surface area contributed by atoms with Gasteiger partial charge in [0.2, 0.25) is 0 Å². The molecule has 10 aromatic carbocycles. The summed E-state index contributed by atoms with van der Waals surface area (Å²) in [4.78, 5) is 11.2. The fraction of sp³-hybridized carbons (Fsp3) is 0.0169. The minimum absolute atomic E-state index is 0.661. The van der Waals surface area contributed by atoms with Gasteiger partial charge >= 0.3 is 0 Å². The van der Waals surface area contributed by atoms with Crippen molar-refractivity contribution < 1.29 is 8.83 Å². The molecule has 1 aliphatic heterocycles. The third-order valence-corrected chi connectivity index (χ3v) is 14.7. The summed E-state index contributed by atoms with van der Waals surface area (Å²) in [5, 5.41) is 17.5. The molecule has 1 N–H and O–H groups in total. The Bertz CT molecular complexity index is 4340. The number of para-hydroxylation sites is 2. The molecule has 7 heteroatoms. The number of amidine groups is 2. The summed E-state index contributed by atoms with van der Waals surface area (Å²) < 4.78 is 18.1. The van der Waals surface area contributed by atoms with Gasteiger partial charge < -0.3 is 18.7 Å². The number of benzene rings is 10. The van der Waals surface area contributed by atoms with E-state index in [2.05, 4.69) is 192 Å². The quantitative estimate of drug-likeness (QED) is 0.192. The van der Waals surface area contributed by atoms with Gasteiger partial charge in [0.15, 0.2) is 6.17 Å². The number of aliphatic imine (C=N–C) groups is 2. The number of rotatable bonds is 4. The van der Waals surface area contributed by atoms with Crippen LogP contribution in [0.1, 0.15) is 22.9 Å². The van der Waals surface area contributed by atoms with Gasteiger partial charge in [-0.25, -0.2) is 9.98 Å². The lowest BCUT2D eigenvalue weighted by molar-refractivity contribution is 0.665. The summed E-state index contributed by atoms with van der Waals surface area (Å²) in [6, 6.07) is 69.3. The number of nitrogens with zero attached hydrogens (tertiary/aromatic N) is 3. The van der Waals surface area contributed by atoms with Crippen molar-refractivity contribution in [1.29, 1.82) is 0 Å². The molecule has 1 unspecified atom stereocenters. The van der Waals surface area contributed by atoms with E-state index in [0.29, 0.717) is 0 Å². The van der Waals surface area contributed by atoms with Crippen LogP contribution in [-0.4, -0.2) is 16.2 Å². The first-order chi connectivity index (χ1) is 32.6. The van der Waals surface area contributed by atoms with E-state index in [1.807, 2.05) is 23.5 Å². The van der Waals surface area contributed by atoms with Crippen molar-refractivity contribution in [2.24, 2.45) is 9.98 Å². The van der Waals surface area contributed by atoms with Crippen LogP contribution in [0.4, 0.5) is 0 Å². The van der Waals surface area contributed by atoms with Gasteiger partial charge in [0.05, 0.1) is 16.7 Å². The van der Waals surface area contributed by atoms with Gasteiger partial charge in [-0.1, -0.05) is 103 Å². The Morgan fingerprint density at radius 2 is 0.955 bits per heavy atom. The Labute approximate surface area is 379 Å². The molecule has 0 fully saturated rings. The third-order valence-electron chi connectivity index (χ3n) is 13.6. The summed E-state index contributed by atoms with van der Waals surface area (Å²) >= 11 is 1.81. The van der Waals surface area contributed by atoms with E-state index in [-0.39, 0.29) is 0 Å². The number of furan rings is 2. The van der Waals surface area contributed by atoms with Gasteiger partial charge in [-0.05, 0) is 113 Å². The monoisotopic (exact) mass is 862 g/mol. The van der Waals surface area contributed by atoms with Crippen LogP contribution in [0.25, 0.3) is 113 Å². The van der Waals surface area contributed by atoms with Crippen molar-refractivity contribution in [1.82, 2.24) is 9.88 Å². The number of hydrogen-bond acceptors (Lipinski definition) is 6. The van der Waals surface area contributed by atoms with Crippen LogP contribution in [-0.2, 0) is 0 Å². The number of nitrogens with one attached hydrogen (secondary N) is 1. The van der Waals surface area contributed by atoms with E-state index in [9.17, 15) is 0 Å². The zero-order valence-corrected chi connectivity index (χ0v) is 35.9. The topological polar surface area (TPSA) is 68.0 Å². The Hall–Kier alpha value is -8.52. The fourth-order valence-electron chi connectivity index (χ4n) is 10.5. The van der Waals surface area contributed by atoms with Crippen LogP contribution in [0.15, 0.2) is 213 Å². The van der Waals surface area contributed by atoms with E-state index in [1.165, 1.54) is 47.1 Å². The average molecular weight is 863 g/mol. The summed E-state index contributed by atoms with van der Waals surface area (Å²) in [5.41, 5.74) is 9.39. The summed E-state index contributed by atoms with van der Waals surface area (Å²) in [5.74, 6) is 1.47. The molecule has 6 nitrogen and oxygen atoms in total. The molecule has 4 aromatic heterocycles. The van der Waals surface area contributed by atoms with Gasteiger partial charge in [-0.2, -0.15) is 0 Å². The van der Waals surface area contributed by atoms with Gasteiger partial charge in [0.1, 0.15) is 34.0 Å². The van der Waals surface area contributed by atoms with Crippen molar-refractivity contribution in [2.75, 3.05) is 0 Å². The largest absolute Gasteiger partial charge is 0.456 e. The number of fused-ring (bicyclic) bond motifs is 14. The standard InChI is InChI=1S/C59H34N4O2S/c1-3-13-35-29-49-42(25-33(35)11-1)39-15-5-8-18-48(39)63(49)50-31-45-44-26-34-12-2-4-14-36(34)30-53(44)65-54(45)32-47(50)59-61-57(37-21-23-52-43(27-37)40-16-6-9-19-51(40)64-52)60-58(62-59)38-22-24-56-46(28-38)41-17-7-10-20-55(41)66-56/h1-32,59H,(H,60,61,62). The van der Waals surface area contributed by atoms with E-state index in [0.717, 1.165) is 94.3 Å². The Kier molecular flexibility index (Phi) is 7.34. The van der Waals surface area contributed by atoms with E-state index < -0.39 is 6.17 Å². The average Bonchev–Trinajstić information content (AvgIpc) is 4.12. The molecule has 1 aliphatic rings. The smallest absolute Gasteiger partial charge is 0.171 e. The molecule has 0 bridgehead atoms. The molecular weight excluding hydrogens is 829 g/mol. The molecule has 5 heterocycles. The fourth-order valence-corrected chi connectivity index (χ4v) is 11.5. The second-order valence-corrected chi connectivity index (χ2v) is 18.4. The van der Waals surface area contributed by atoms with E-state index >= 15 is 0 Å². The second-order valence-electron chi connectivity index (χ2n) is 17.3. The van der Waals surface area contributed by atoms with Crippen LogP contribution in [0, 0.1) is 0 Å². The molecule has 15 rings (SSSR count). The van der Waals surface area contributed by atoms with E-state index in [4.69, 9.17) is 18.8 Å². The van der Waals surface area contributed by atoms with Crippen LogP contribution >= 0.6 is 11.3 Å². The number of thiophene rings is 1. The highest BCUT2D eigenvalue weighted by Crippen LogP contribution is 2.43. The first kappa shape index (κ1) is 35.9. The molecule has 0 aliphatic carbocycles. The second kappa shape index (κ2) is 13.5. The predicted octanol–water partition coefficient (Wildman–Crippen LogP) is 15.8. The zero-order chi connectivity index (χ0) is 43.0. The van der Waals surface area contributed by atoms with Gasteiger partial charge in [0.25, 0.3) is 0 Å². The molecule has 0 spiro atoms. The normalized spacial score (nSPS) is 14.5. The van der Waals surface area contributed by atoms with Gasteiger partial charge in [0, 0.05) is 69.2 Å². The molecule has 0 saturated carbocycles. The van der Waals surface area contributed by atoms with Crippen LogP contribution in [0.3, 0.4) is 0 Å². The maximum atomic E-state index is 6.85. The van der Waals surface area contributed by atoms with Crippen LogP contribution in [0.2, 0.25) is 0 Å². The molecule has 0 amide bonds. The van der Waals surface area contributed by atoms with Crippen molar-refractivity contribution in [3.05, 3.63) is 211 Å². The van der Waals surface area contributed by atoms with Gasteiger partial charge in [-0.3, -0.25) is 0 Å². The minimum atomic E-state index is -0.661. The molecular formula is C59H34N4O2S. The maximum Gasteiger partial charge on any atom is 0.171 e. The summed E-state index contributed by atoms with van der Waals surface area (Å²) in [6.45, 7) is 0. The lowest BCUT2D eigenvalue weighted by Gasteiger charge is -2.24. The number of aromatic nitrogens is 1. The lowest BCUT2D eigenvalue weighted by atomic mass is 10.0. The molecule has 0 radical (unpaired) electrons. The van der Waals surface area contributed by atoms with Crippen molar-refractivity contribution in [2.45, 2.75) is 6.17 Å². The predicted molar refractivity (Wildman–Crippen MR) is 275 cm³/mol. The molecule has 308 valence electrons. The van der Waals surface area contributed by atoms with Crippen molar-refractivity contribution in [3.63, 3.8) is 0 Å². The van der Waals surface area contributed by atoms with Crippen molar-refractivity contribution >= 4 is 130 Å². The molecule has 1 atom stereocenters. The Morgan fingerprint density at radius 1 is 0.394 bits per heavy atom. The molecule has 14 aromatic rings. The third kappa shape index (κ3) is 5.29. The minimum Gasteiger partial charge on any atom is -0.456 e. The first-order valence-corrected chi connectivity index (χ1v) is 23.0. The first-order valence-electron chi connectivity index (χ1n) is 22.2. The van der Waals surface area contributed by atoms with Crippen molar-refractivity contribution in [3.8, 4) is 5.69 Å². The highest BCUT2D eigenvalue weighted by Gasteiger charge is 2.28. The summed E-state index contributed by atoms with van der Waals surface area (Å²) in [6.07, 6.45) is -0.661. The molecule has 0 saturated heterocycles. The maximum absolute atomic E-state index is 6.85. The molecule has 66 heavy (non-hydrogen) atoms. The van der Waals surface area contributed by atoms with Crippen LogP contribution in [0.5, 0.6) is 0 Å².